The molecule has 0 spiro atoms. The summed E-state index contributed by atoms with van der Waals surface area (Å²) in [4.78, 5) is 14.2. The Morgan fingerprint density at radius 2 is 1.70 bits per heavy atom. The van der Waals surface area contributed by atoms with Crippen molar-refractivity contribution >= 4 is 5.91 Å². The molecule has 0 saturated carbocycles. The molecule has 1 amide bonds. The Kier molecular flexibility index (Phi) is 11.8. The lowest BCUT2D eigenvalue weighted by Crippen LogP contribution is -2.42. The van der Waals surface area contributed by atoms with Crippen LogP contribution in [-0.2, 0) is 4.79 Å². The highest BCUT2D eigenvalue weighted by atomic mass is 16.1. The van der Waals surface area contributed by atoms with Gasteiger partial charge in [0.25, 0.3) is 0 Å². The molecule has 0 aromatic carbocycles. The van der Waals surface area contributed by atoms with E-state index >= 15 is 0 Å². The molecule has 0 aliphatic carbocycles. The van der Waals surface area contributed by atoms with Gasteiger partial charge in [-0.2, -0.15) is 0 Å². The van der Waals surface area contributed by atoms with Crippen LogP contribution in [0.5, 0.6) is 0 Å². The fourth-order valence-electron chi connectivity index (χ4n) is 2.30. The van der Waals surface area contributed by atoms with Crippen molar-refractivity contribution < 1.29 is 4.79 Å². The predicted octanol–water partition coefficient (Wildman–Crippen LogP) is 2.39. The summed E-state index contributed by atoms with van der Waals surface area (Å²) < 4.78 is 0. The first-order valence-electron chi connectivity index (χ1n) is 8.32. The van der Waals surface area contributed by atoms with Crippen molar-refractivity contribution in [2.75, 3.05) is 26.2 Å². The lowest BCUT2D eigenvalue weighted by Gasteiger charge is -2.20. The number of hydrogen-bond donors (Lipinski definition) is 2. The normalized spacial score (nSPS) is 12.9. The van der Waals surface area contributed by atoms with Crippen molar-refractivity contribution in [2.24, 2.45) is 0 Å². The Morgan fingerprint density at radius 1 is 1.10 bits per heavy atom. The summed E-state index contributed by atoms with van der Waals surface area (Å²) >= 11 is 0. The van der Waals surface area contributed by atoms with Gasteiger partial charge in [0.15, 0.2) is 0 Å². The van der Waals surface area contributed by atoms with Gasteiger partial charge in [-0.3, -0.25) is 4.79 Å². The number of hydrogen-bond acceptors (Lipinski definition) is 3. The molecule has 0 fully saturated rings. The summed E-state index contributed by atoms with van der Waals surface area (Å²) in [7, 11) is 0. The van der Waals surface area contributed by atoms with Gasteiger partial charge in [-0.05, 0) is 52.2 Å². The minimum absolute atomic E-state index is 0.120. The highest BCUT2D eigenvalue weighted by molar-refractivity contribution is 5.78. The fraction of sp³-hybridized carbons (Fsp3) is 0.938. The van der Waals surface area contributed by atoms with Gasteiger partial charge >= 0.3 is 0 Å². The van der Waals surface area contributed by atoms with Crippen molar-refractivity contribution in [3.63, 3.8) is 0 Å². The van der Waals surface area contributed by atoms with E-state index in [0.717, 1.165) is 38.9 Å². The summed E-state index contributed by atoms with van der Waals surface area (Å²) in [5.74, 6) is 0.120. The molecular weight excluding hydrogens is 250 g/mol. The SMILES string of the molecule is CCC(CC)NC(=O)CNC(C)CCCN(CC)CC. The average molecular weight is 285 g/mol. The summed E-state index contributed by atoms with van der Waals surface area (Å²) in [6, 6.07) is 0.722. The second-order valence-electron chi connectivity index (χ2n) is 5.53. The van der Waals surface area contributed by atoms with Crippen molar-refractivity contribution in [1.29, 1.82) is 0 Å². The molecule has 1 atom stereocenters. The molecule has 0 saturated heterocycles. The molecule has 0 aromatic rings. The van der Waals surface area contributed by atoms with Gasteiger partial charge < -0.3 is 15.5 Å². The third kappa shape index (κ3) is 9.32. The quantitative estimate of drug-likeness (QED) is 0.579. The average Bonchev–Trinajstić information content (AvgIpc) is 2.47. The third-order valence-electron chi connectivity index (χ3n) is 3.97. The van der Waals surface area contributed by atoms with Crippen LogP contribution in [0.4, 0.5) is 0 Å². The molecule has 0 aliphatic rings. The number of rotatable bonds is 12. The number of nitrogens with zero attached hydrogens (tertiary/aromatic N) is 1. The lowest BCUT2D eigenvalue weighted by atomic mass is 10.1. The van der Waals surface area contributed by atoms with Crippen LogP contribution >= 0.6 is 0 Å². The van der Waals surface area contributed by atoms with Crippen LogP contribution in [-0.4, -0.2) is 49.1 Å². The van der Waals surface area contributed by atoms with E-state index in [0.29, 0.717) is 18.6 Å². The zero-order valence-corrected chi connectivity index (χ0v) is 14.2. The molecule has 0 heterocycles. The Balaban J connectivity index is 3.71. The minimum atomic E-state index is 0.120. The van der Waals surface area contributed by atoms with Gasteiger partial charge in [-0.15, -0.1) is 0 Å². The van der Waals surface area contributed by atoms with Crippen LogP contribution < -0.4 is 10.6 Å². The number of amides is 1. The topological polar surface area (TPSA) is 44.4 Å². The highest BCUT2D eigenvalue weighted by Gasteiger charge is 2.09. The van der Waals surface area contributed by atoms with E-state index in [2.05, 4.69) is 50.2 Å². The summed E-state index contributed by atoms with van der Waals surface area (Å²) in [6.07, 6.45) is 4.31. The van der Waals surface area contributed by atoms with Crippen LogP contribution in [0.25, 0.3) is 0 Å². The number of carbonyl (C=O) groups is 1. The maximum atomic E-state index is 11.8. The zero-order chi connectivity index (χ0) is 15.4. The molecular formula is C16H35N3O. The van der Waals surface area contributed by atoms with E-state index in [9.17, 15) is 4.79 Å². The van der Waals surface area contributed by atoms with Crippen molar-refractivity contribution in [1.82, 2.24) is 15.5 Å². The third-order valence-corrected chi connectivity index (χ3v) is 3.97. The van der Waals surface area contributed by atoms with Gasteiger partial charge in [0, 0.05) is 12.1 Å². The lowest BCUT2D eigenvalue weighted by molar-refractivity contribution is -0.121. The Bertz CT molecular complexity index is 238. The Hall–Kier alpha value is -0.610. The molecule has 120 valence electrons. The first kappa shape index (κ1) is 19.4. The smallest absolute Gasteiger partial charge is 0.234 e. The van der Waals surface area contributed by atoms with Crippen LogP contribution in [0.2, 0.25) is 0 Å². The molecule has 2 N–H and O–H groups in total. The molecule has 0 radical (unpaired) electrons. The van der Waals surface area contributed by atoms with Gasteiger partial charge in [0.1, 0.15) is 0 Å². The summed E-state index contributed by atoms with van der Waals surface area (Å²) in [5.41, 5.74) is 0. The number of nitrogens with one attached hydrogen (secondary N) is 2. The maximum Gasteiger partial charge on any atom is 0.234 e. The van der Waals surface area contributed by atoms with Gasteiger partial charge in [0.05, 0.1) is 6.54 Å². The minimum Gasteiger partial charge on any atom is -0.352 e. The second kappa shape index (κ2) is 12.2. The molecule has 0 bridgehead atoms. The van der Waals surface area contributed by atoms with Gasteiger partial charge in [0.2, 0.25) is 5.91 Å². The molecule has 0 aromatic heterocycles. The monoisotopic (exact) mass is 285 g/mol. The predicted molar refractivity (Wildman–Crippen MR) is 87.0 cm³/mol. The molecule has 0 rings (SSSR count). The fourth-order valence-corrected chi connectivity index (χ4v) is 2.30. The van der Waals surface area contributed by atoms with E-state index in [4.69, 9.17) is 0 Å². The first-order chi connectivity index (χ1) is 9.57. The molecule has 1 unspecified atom stereocenters. The van der Waals surface area contributed by atoms with E-state index in [1.807, 2.05) is 0 Å². The number of carbonyl (C=O) groups excluding carboxylic acids is 1. The molecule has 0 aliphatic heterocycles. The largest absolute Gasteiger partial charge is 0.352 e. The van der Waals surface area contributed by atoms with Crippen LogP contribution in [0.1, 0.15) is 60.3 Å². The highest BCUT2D eigenvalue weighted by Crippen LogP contribution is 2.00. The van der Waals surface area contributed by atoms with E-state index in [1.165, 1.54) is 6.42 Å². The zero-order valence-electron chi connectivity index (χ0n) is 14.2. The van der Waals surface area contributed by atoms with Gasteiger partial charge in [-0.1, -0.05) is 27.7 Å². The van der Waals surface area contributed by atoms with Crippen molar-refractivity contribution in [2.45, 2.75) is 72.4 Å². The van der Waals surface area contributed by atoms with Crippen LogP contribution in [0, 0.1) is 0 Å². The summed E-state index contributed by atoms with van der Waals surface area (Å²) in [5, 5.41) is 6.37. The molecule has 4 nitrogen and oxygen atoms in total. The van der Waals surface area contributed by atoms with Crippen molar-refractivity contribution in [3.05, 3.63) is 0 Å². The first-order valence-corrected chi connectivity index (χ1v) is 8.32. The summed E-state index contributed by atoms with van der Waals surface area (Å²) in [6.45, 7) is 14.6. The Labute approximate surface area is 125 Å². The van der Waals surface area contributed by atoms with Crippen molar-refractivity contribution in [3.8, 4) is 0 Å². The molecule has 4 heteroatoms. The van der Waals surface area contributed by atoms with Crippen LogP contribution in [0.3, 0.4) is 0 Å². The maximum absolute atomic E-state index is 11.8. The van der Waals surface area contributed by atoms with Crippen LogP contribution in [0.15, 0.2) is 0 Å². The molecule has 20 heavy (non-hydrogen) atoms. The van der Waals surface area contributed by atoms with Gasteiger partial charge in [-0.25, -0.2) is 0 Å². The standard InChI is InChI=1S/C16H35N3O/c1-6-15(7-2)18-16(20)13-17-14(5)11-10-12-19(8-3)9-4/h14-15,17H,6-13H2,1-5H3,(H,18,20). The van der Waals surface area contributed by atoms with E-state index < -0.39 is 0 Å². The van der Waals surface area contributed by atoms with E-state index in [-0.39, 0.29) is 5.91 Å². The van der Waals surface area contributed by atoms with E-state index in [1.54, 1.807) is 0 Å². The second-order valence-corrected chi connectivity index (χ2v) is 5.53. The Morgan fingerprint density at radius 3 is 2.20 bits per heavy atom.